The van der Waals surface area contributed by atoms with Crippen molar-refractivity contribution in [2.75, 3.05) is 0 Å². The van der Waals surface area contributed by atoms with Crippen LogP contribution < -0.4 is 5.56 Å². The Labute approximate surface area is 159 Å². The quantitative estimate of drug-likeness (QED) is 0.366. The van der Waals surface area contributed by atoms with Gasteiger partial charge in [-0.2, -0.15) is 5.26 Å². The molecule has 0 saturated carbocycles. The summed E-state index contributed by atoms with van der Waals surface area (Å²) in [6.07, 6.45) is 1.33. The van der Waals surface area contributed by atoms with Gasteiger partial charge in [0.25, 0.3) is 11.2 Å². The van der Waals surface area contributed by atoms with E-state index >= 15 is 0 Å². The molecule has 0 aliphatic carbocycles. The Morgan fingerprint density at radius 3 is 2.63 bits per heavy atom. The van der Waals surface area contributed by atoms with Crippen molar-refractivity contribution in [2.24, 2.45) is 0 Å². The summed E-state index contributed by atoms with van der Waals surface area (Å²) in [4.78, 5) is 29.9. The van der Waals surface area contributed by atoms with Gasteiger partial charge in [-0.25, -0.2) is 4.98 Å². The zero-order valence-corrected chi connectivity index (χ0v) is 15.9. The standard InChI is InChI=1S/C19H18N4O3S/c1-12-13(2)27-18-17(12)19(24)22(10-4-3-9-20)16(21-18)11-14-5-7-15(8-6-14)23(25)26/h5-8H,3-4,10-11H2,1-2H3. The van der Waals surface area contributed by atoms with Crippen LogP contribution >= 0.6 is 11.3 Å². The summed E-state index contributed by atoms with van der Waals surface area (Å²) in [5, 5.41) is 20.3. The van der Waals surface area contributed by atoms with E-state index in [9.17, 15) is 14.9 Å². The number of rotatable bonds is 6. The number of aromatic nitrogens is 2. The van der Waals surface area contributed by atoms with Crippen molar-refractivity contribution in [1.82, 2.24) is 9.55 Å². The number of aryl methyl sites for hydroxylation is 2. The van der Waals surface area contributed by atoms with E-state index in [1.54, 1.807) is 16.7 Å². The van der Waals surface area contributed by atoms with E-state index in [2.05, 4.69) is 6.07 Å². The highest BCUT2D eigenvalue weighted by Gasteiger charge is 2.17. The van der Waals surface area contributed by atoms with Crippen LogP contribution in [0.2, 0.25) is 0 Å². The Morgan fingerprint density at radius 1 is 1.30 bits per heavy atom. The lowest BCUT2D eigenvalue weighted by Crippen LogP contribution is -2.25. The first-order valence-electron chi connectivity index (χ1n) is 8.52. The number of hydrogen-bond acceptors (Lipinski definition) is 6. The summed E-state index contributed by atoms with van der Waals surface area (Å²) < 4.78 is 1.64. The maximum absolute atomic E-state index is 13.1. The van der Waals surface area contributed by atoms with E-state index in [-0.39, 0.29) is 11.2 Å². The van der Waals surface area contributed by atoms with E-state index in [0.29, 0.717) is 41.8 Å². The normalized spacial score (nSPS) is 10.9. The van der Waals surface area contributed by atoms with Gasteiger partial charge in [0.2, 0.25) is 0 Å². The second-order valence-electron chi connectivity index (χ2n) is 6.31. The number of thiophene rings is 1. The summed E-state index contributed by atoms with van der Waals surface area (Å²) in [6.45, 7) is 4.32. The summed E-state index contributed by atoms with van der Waals surface area (Å²) in [7, 11) is 0. The van der Waals surface area contributed by atoms with Gasteiger partial charge < -0.3 is 0 Å². The Kier molecular flexibility index (Phi) is 5.33. The molecule has 0 aliphatic rings. The molecule has 0 saturated heterocycles. The molecule has 8 heteroatoms. The van der Waals surface area contributed by atoms with E-state index in [0.717, 1.165) is 16.0 Å². The first kappa shape index (κ1) is 18.7. The Bertz CT molecular complexity index is 1110. The fraction of sp³-hybridized carbons (Fsp3) is 0.316. The van der Waals surface area contributed by atoms with Crippen LogP contribution in [-0.2, 0) is 13.0 Å². The van der Waals surface area contributed by atoms with Gasteiger partial charge in [-0.05, 0) is 31.4 Å². The van der Waals surface area contributed by atoms with E-state index in [1.165, 1.54) is 23.5 Å². The average molecular weight is 382 g/mol. The minimum Gasteiger partial charge on any atom is -0.296 e. The number of nitro groups is 1. The van der Waals surface area contributed by atoms with Crippen molar-refractivity contribution < 1.29 is 4.92 Å². The van der Waals surface area contributed by atoms with Gasteiger partial charge in [-0.3, -0.25) is 19.5 Å². The van der Waals surface area contributed by atoms with Gasteiger partial charge >= 0.3 is 0 Å². The highest BCUT2D eigenvalue weighted by molar-refractivity contribution is 7.18. The first-order valence-corrected chi connectivity index (χ1v) is 9.33. The molecule has 0 amide bonds. The molecule has 1 aromatic carbocycles. The molecular weight excluding hydrogens is 364 g/mol. The number of nitrogens with zero attached hydrogens (tertiary/aromatic N) is 4. The van der Waals surface area contributed by atoms with Gasteiger partial charge in [-0.15, -0.1) is 11.3 Å². The van der Waals surface area contributed by atoms with E-state index in [1.807, 2.05) is 13.8 Å². The molecule has 0 N–H and O–H groups in total. The maximum Gasteiger partial charge on any atom is 0.269 e. The fourth-order valence-electron chi connectivity index (χ4n) is 2.97. The second-order valence-corrected chi connectivity index (χ2v) is 7.51. The van der Waals surface area contributed by atoms with Crippen LogP contribution in [0.3, 0.4) is 0 Å². The third-order valence-corrected chi connectivity index (χ3v) is 5.65. The zero-order chi connectivity index (χ0) is 19.6. The van der Waals surface area contributed by atoms with Crippen LogP contribution in [0.4, 0.5) is 5.69 Å². The third-order valence-electron chi connectivity index (χ3n) is 4.55. The van der Waals surface area contributed by atoms with Gasteiger partial charge in [0, 0.05) is 36.4 Å². The largest absolute Gasteiger partial charge is 0.296 e. The molecule has 27 heavy (non-hydrogen) atoms. The average Bonchev–Trinajstić information content (AvgIpc) is 2.92. The van der Waals surface area contributed by atoms with Crippen LogP contribution in [0, 0.1) is 35.3 Å². The topological polar surface area (TPSA) is 102 Å². The molecule has 2 aromatic heterocycles. The number of fused-ring (bicyclic) bond motifs is 1. The Balaban J connectivity index is 2.06. The van der Waals surface area contributed by atoms with Crippen molar-refractivity contribution in [2.45, 2.75) is 39.7 Å². The molecule has 0 bridgehead atoms. The molecule has 7 nitrogen and oxygen atoms in total. The molecule has 0 unspecified atom stereocenters. The molecule has 0 fully saturated rings. The predicted octanol–water partition coefficient (Wildman–Crippen LogP) is 3.88. The summed E-state index contributed by atoms with van der Waals surface area (Å²) in [6, 6.07) is 8.36. The minimum atomic E-state index is -0.441. The van der Waals surface area contributed by atoms with Crippen molar-refractivity contribution >= 4 is 27.2 Å². The molecular formula is C19H18N4O3S. The summed E-state index contributed by atoms with van der Waals surface area (Å²) in [5.41, 5.74) is 1.73. The lowest BCUT2D eigenvalue weighted by Gasteiger charge is -2.12. The molecule has 138 valence electrons. The third kappa shape index (κ3) is 3.73. The first-order chi connectivity index (χ1) is 12.9. The molecule has 3 rings (SSSR count). The molecule has 0 spiro atoms. The molecule has 2 heterocycles. The monoisotopic (exact) mass is 382 g/mol. The van der Waals surface area contributed by atoms with Gasteiger partial charge in [0.05, 0.1) is 16.4 Å². The van der Waals surface area contributed by atoms with Crippen LogP contribution in [-0.4, -0.2) is 14.5 Å². The number of hydrogen-bond donors (Lipinski definition) is 0. The maximum atomic E-state index is 13.1. The van der Waals surface area contributed by atoms with E-state index < -0.39 is 4.92 Å². The smallest absolute Gasteiger partial charge is 0.269 e. The number of benzene rings is 1. The highest BCUT2D eigenvalue weighted by atomic mass is 32.1. The second kappa shape index (κ2) is 7.68. The van der Waals surface area contributed by atoms with Crippen LogP contribution in [0.1, 0.15) is 34.7 Å². The number of nitro benzene ring substituents is 1. The van der Waals surface area contributed by atoms with Gasteiger partial charge in [0.1, 0.15) is 10.7 Å². The lowest BCUT2D eigenvalue weighted by atomic mass is 10.1. The van der Waals surface area contributed by atoms with Crippen molar-refractivity contribution in [3.05, 3.63) is 66.6 Å². The van der Waals surface area contributed by atoms with Crippen LogP contribution in [0.15, 0.2) is 29.1 Å². The van der Waals surface area contributed by atoms with Gasteiger partial charge in [-0.1, -0.05) is 12.1 Å². The number of nitriles is 1. The van der Waals surface area contributed by atoms with Crippen molar-refractivity contribution in [3.63, 3.8) is 0 Å². The fourth-order valence-corrected chi connectivity index (χ4v) is 4.01. The summed E-state index contributed by atoms with van der Waals surface area (Å²) >= 11 is 1.49. The Morgan fingerprint density at radius 2 is 2.00 bits per heavy atom. The summed E-state index contributed by atoms with van der Waals surface area (Å²) in [5.74, 6) is 0.612. The molecule has 3 aromatic rings. The van der Waals surface area contributed by atoms with Crippen LogP contribution in [0.25, 0.3) is 10.2 Å². The molecule has 0 aliphatic heterocycles. The van der Waals surface area contributed by atoms with Gasteiger partial charge in [0.15, 0.2) is 0 Å². The van der Waals surface area contributed by atoms with Crippen LogP contribution in [0.5, 0.6) is 0 Å². The van der Waals surface area contributed by atoms with Crippen molar-refractivity contribution in [3.8, 4) is 6.07 Å². The number of non-ortho nitro benzene ring substituents is 1. The number of unbranched alkanes of at least 4 members (excludes halogenated alkanes) is 1. The van der Waals surface area contributed by atoms with E-state index in [4.69, 9.17) is 10.2 Å². The zero-order valence-electron chi connectivity index (χ0n) is 15.1. The Hall–Kier alpha value is -3.05. The highest BCUT2D eigenvalue weighted by Crippen LogP contribution is 2.27. The predicted molar refractivity (Wildman–Crippen MR) is 104 cm³/mol. The molecule has 0 radical (unpaired) electrons. The SMILES string of the molecule is Cc1sc2nc(Cc3ccc([N+](=O)[O-])cc3)n(CCCC#N)c(=O)c2c1C. The lowest BCUT2D eigenvalue weighted by molar-refractivity contribution is -0.384. The minimum absolute atomic E-state index is 0.0260. The molecule has 0 atom stereocenters. The van der Waals surface area contributed by atoms with Crippen molar-refractivity contribution in [1.29, 1.82) is 5.26 Å².